The average molecular weight is 274 g/mol. The Morgan fingerprint density at radius 1 is 1.15 bits per heavy atom. The van der Waals surface area contributed by atoms with Crippen LogP contribution in [0.3, 0.4) is 0 Å². The number of rotatable bonds is 9. The van der Waals surface area contributed by atoms with Crippen LogP contribution >= 0.6 is 0 Å². The molecular weight excluding hydrogens is 248 g/mol. The van der Waals surface area contributed by atoms with E-state index in [0.29, 0.717) is 6.61 Å². The summed E-state index contributed by atoms with van der Waals surface area (Å²) in [6.45, 7) is 4.09. The van der Waals surface area contributed by atoms with Gasteiger partial charge in [-0.1, -0.05) is 62.6 Å². The first-order valence-electron chi connectivity index (χ1n) is 7.57. The van der Waals surface area contributed by atoms with E-state index >= 15 is 0 Å². The second-order valence-electron chi connectivity index (χ2n) is 5.15. The first kappa shape index (κ1) is 16.5. The third-order valence-electron chi connectivity index (χ3n) is 3.23. The lowest BCUT2D eigenvalue weighted by Gasteiger charge is -2.08. The summed E-state index contributed by atoms with van der Waals surface area (Å²) in [7, 11) is 0. The Kier molecular flexibility index (Phi) is 8.44. The zero-order valence-corrected chi connectivity index (χ0v) is 12.7. The Balaban J connectivity index is 2.50. The minimum atomic E-state index is -0.213. The van der Waals surface area contributed by atoms with Gasteiger partial charge in [-0.3, -0.25) is 4.79 Å². The van der Waals surface area contributed by atoms with Gasteiger partial charge in [0.15, 0.2) is 0 Å². The summed E-state index contributed by atoms with van der Waals surface area (Å²) >= 11 is 0. The molecule has 110 valence electrons. The van der Waals surface area contributed by atoms with Crippen LogP contribution in [-0.4, -0.2) is 12.6 Å². The SMILES string of the molecule is CCCCCCC=C(COC(C)=O)Cc1ccccc1. The van der Waals surface area contributed by atoms with Crippen molar-refractivity contribution in [2.45, 2.75) is 52.4 Å². The summed E-state index contributed by atoms with van der Waals surface area (Å²) < 4.78 is 5.15. The molecule has 1 aromatic rings. The normalized spacial score (nSPS) is 11.4. The highest BCUT2D eigenvalue weighted by Crippen LogP contribution is 2.12. The third-order valence-corrected chi connectivity index (χ3v) is 3.23. The highest BCUT2D eigenvalue weighted by molar-refractivity contribution is 5.66. The Bertz CT molecular complexity index is 407. The van der Waals surface area contributed by atoms with Gasteiger partial charge in [0.25, 0.3) is 0 Å². The summed E-state index contributed by atoms with van der Waals surface area (Å²) in [5.41, 5.74) is 2.46. The molecule has 0 amide bonds. The molecule has 0 atom stereocenters. The van der Waals surface area contributed by atoms with Gasteiger partial charge in [0.05, 0.1) is 0 Å². The van der Waals surface area contributed by atoms with Gasteiger partial charge in [-0.25, -0.2) is 0 Å². The molecule has 0 N–H and O–H groups in total. The van der Waals surface area contributed by atoms with Crippen molar-refractivity contribution in [3.05, 3.63) is 47.5 Å². The zero-order chi connectivity index (χ0) is 14.6. The van der Waals surface area contributed by atoms with Gasteiger partial charge in [0, 0.05) is 6.92 Å². The molecule has 0 heterocycles. The molecule has 1 rings (SSSR count). The van der Waals surface area contributed by atoms with Crippen molar-refractivity contribution < 1.29 is 9.53 Å². The molecule has 0 spiro atoms. The predicted octanol–water partition coefficient (Wildman–Crippen LogP) is 4.69. The fourth-order valence-corrected chi connectivity index (χ4v) is 2.11. The fraction of sp³-hybridized carbons (Fsp3) is 0.500. The Morgan fingerprint density at radius 3 is 2.55 bits per heavy atom. The highest BCUT2D eigenvalue weighted by atomic mass is 16.5. The van der Waals surface area contributed by atoms with E-state index in [-0.39, 0.29) is 5.97 Å². The first-order chi connectivity index (χ1) is 9.72. The smallest absolute Gasteiger partial charge is 0.302 e. The van der Waals surface area contributed by atoms with E-state index in [2.05, 4.69) is 25.1 Å². The molecule has 0 radical (unpaired) electrons. The third kappa shape index (κ3) is 7.78. The molecule has 0 aromatic heterocycles. The standard InChI is InChI=1S/C18H26O2/c1-3-4-5-6-8-13-18(15-20-16(2)19)14-17-11-9-7-10-12-17/h7,9-13H,3-6,8,14-15H2,1-2H3. The quantitative estimate of drug-likeness (QED) is 0.371. The molecule has 0 aliphatic heterocycles. The average Bonchev–Trinajstić information content (AvgIpc) is 2.45. The molecule has 0 fully saturated rings. The van der Waals surface area contributed by atoms with Gasteiger partial charge in [-0.15, -0.1) is 0 Å². The maximum absolute atomic E-state index is 11.0. The number of ether oxygens (including phenoxy) is 1. The lowest BCUT2D eigenvalue weighted by atomic mass is 10.0. The van der Waals surface area contributed by atoms with Crippen molar-refractivity contribution in [1.29, 1.82) is 0 Å². The zero-order valence-electron chi connectivity index (χ0n) is 12.7. The number of carbonyl (C=O) groups is 1. The number of hydrogen-bond acceptors (Lipinski definition) is 2. The van der Waals surface area contributed by atoms with Gasteiger partial charge in [-0.05, 0) is 30.4 Å². The summed E-state index contributed by atoms with van der Waals surface area (Å²) in [5, 5.41) is 0. The highest BCUT2D eigenvalue weighted by Gasteiger charge is 2.02. The monoisotopic (exact) mass is 274 g/mol. The second kappa shape index (κ2) is 10.2. The van der Waals surface area contributed by atoms with Crippen molar-refractivity contribution in [2.24, 2.45) is 0 Å². The van der Waals surface area contributed by atoms with Crippen LogP contribution in [0, 0.1) is 0 Å². The van der Waals surface area contributed by atoms with Crippen LogP contribution in [0.5, 0.6) is 0 Å². The molecule has 0 aliphatic carbocycles. The molecule has 0 unspecified atom stereocenters. The molecule has 0 saturated carbocycles. The molecule has 0 bridgehead atoms. The van der Waals surface area contributed by atoms with Crippen molar-refractivity contribution in [3.8, 4) is 0 Å². The van der Waals surface area contributed by atoms with Crippen LogP contribution in [0.15, 0.2) is 42.0 Å². The minimum absolute atomic E-state index is 0.213. The fourth-order valence-electron chi connectivity index (χ4n) is 2.11. The maximum Gasteiger partial charge on any atom is 0.302 e. The van der Waals surface area contributed by atoms with Crippen LogP contribution in [0.2, 0.25) is 0 Å². The van der Waals surface area contributed by atoms with Crippen molar-refractivity contribution >= 4 is 5.97 Å². The van der Waals surface area contributed by atoms with Crippen LogP contribution in [0.25, 0.3) is 0 Å². The molecule has 0 saturated heterocycles. The van der Waals surface area contributed by atoms with Gasteiger partial charge in [0.1, 0.15) is 6.61 Å². The first-order valence-corrected chi connectivity index (χ1v) is 7.57. The van der Waals surface area contributed by atoms with Gasteiger partial charge < -0.3 is 4.74 Å². The summed E-state index contributed by atoms with van der Waals surface area (Å²) in [6, 6.07) is 10.3. The van der Waals surface area contributed by atoms with Crippen LogP contribution in [0.1, 0.15) is 51.5 Å². The van der Waals surface area contributed by atoms with Gasteiger partial charge in [0.2, 0.25) is 0 Å². The molecular formula is C18H26O2. The van der Waals surface area contributed by atoms with E-state index in [1.54, 1.807) is 0 Å². The predicted molar refractivity (Wildman–Crippen MR) is 83.6 cm³/mol. The Morgan fingerprint density at radius 2 is 1.90 bits per heavy atom. The number of hydrogen-bond donors (Lipinski definition) is 0. The van der Waals surface area contributed by atoms with E-state index < -0.39 is 0 Å². The van der Waals surface area contributed by atoms with Crippen molar-refractivity contribution in [1.82, 2.24) is 0 Å². The van der Waals surface area contributed by atoms with Crippen LogP contribution in [-0.2, 0) is 16.0 Å². The van der Waals surface area contributed by atoms with Gasteiger partial charge in [-0.2, -0.15) is 0 Å². The lowest BCUT2D eigenvalue weighted by Crippen LogP contribution is -2.05. The molecule has 2 nitrogen and oxygen atoms in total. The number of benzene rings is 1. The Hall–Kier alpha value is -1.57. The van der Waals surface area contributed by atoms with E-state index in [1.807, 2.05) is 18.2 Å². The van der Waals surface area contributed by atoms with E-state index in [4.69, 9.17) is 4.74 Å². The van der Waals surface area contributed by atoms with Gasteiger partial charge >= 0.3 is 5.97 Å². The number of carbonyl (C=O) groups excluding carboxylic acids is 1. The van der Waals surface area contributed by atoms with E-state index in [1.165, 1.54) is 43.7 Å². The van der Waals surface area contributed by atoms with Crippen LogP contribution < -0.4 is 0 Å². The second-order valence-corrected chi connectivity index (χ2v) is 5.15. The van der Waals surface area contributed by atoms with Crippen molar-refractivity contribution in [3.63, 3.8) is 0 Å². The molecule has 0 aliphatic rings. The number of unbranched alkanes of at least 4 members (excludes halogenated alkanes) is 4. The topological polar surface area (TPSA) is 26.3 Å². The molecule has 2 heteroatoms. The largest absolute Gasteiger partial charge is 0.461 e. The number of esters is 1. The number of allylic oxidation sites excluding steroid dienone is 1. The lowest BCUT2D eigenvalue weighted by molar-refractivity contribution is -0.140. The summed E-state index contributed by atoms with van der Waals surface area (Å²) in [4.78, 5) is 11.0. The summed E-state index contributed by atoms with van der Waals surface area (Å²) in [5.74, 6) is -0.213. The van der Waals surface area contributed by atoms with E-state index in [9.17, 15) is 4.79 Å². The Labute approximate surface area is 122 Å². The summed E-state index contributed by atoms with van der Waals surface area (Å²) in [6.07, 6.45) is 9.22. The van der Waals surface area contributed by atoms with Crippen LogP contribution in [0.4, 0.5) is 0 Å². The molecule has 20 heavy (non-hydrogen) atoms. The minimum Gasteiger partial charge on any atom is -0.461 e. The van der Waals surface area contributed by atoms with E-state index in [0.717, 1.165) is 12.8 Å². The molecule has 1 aromatic carbocycles. The van der Waals surface area contributed by atoms with Crippen molar-refractivity contribution in [2.75, 3.05) is 6.61 Å². The maximum atomic E-state index is 11.0.